The summed E-state index contributed by atoms with van der Waals surface area (Å²) in [6.45, 7) is 9.83. The zero-order chi connectivity index (χ0) is 14.6. The Morgan fingerprint density at radius 2 is 2.00 bits per heavy atom. The van der Waals surface area contributed by atoms with Gasteiger partial charge >= 0.3 is 0 Å². The van der Waals surface area contributed by atoms with Crippen LogP contribution >= 0.6 is 0 Å². The zero-order valence-electron chi connectivity index (χ0n) is 12.4. The first-order chi connectivity index (χ1) is 8.82. The molecule has 0 aliphatic rings. The molecule has 0 radical (unpaired) electrons. The Kier molecular flexibility index (Phi) is 5.54. The second-order valence-corrected chi connectivity index (χ2v) is 5.39. The molecule has 0 aliphatic carbocycles. The summed E-state index contributed by atoms with van der Waals surface area (Å²) in [7, 11) is 0. The lowest BCUT2D eigenvalue weighted by Crippen LogP contribution is -2.32. The molecule has 0 aliphatic heterocycles. The number of aryl methyl sites for hydroxylation is 2. The van der Waals surface area contributed by atoms with Gasteiger partial charge in [0, 0.05) is 12.1 Å². The number of aliphatic hydroxyl groups is 1. The van der Waals surface area contributed by atoms with E-state index in [2.05, 4.69) is 10.5 Å². The standard InChI is InChI=1S/C14H24N2O3/c1-8(6-9(2)17)7-15-14(18)10(3)13-11(4)16-19-12(13)5/h8-10,17H,6-7H2,1-5H3,(H,15,18). The van der Waals surface area contributed by atoms with Crippen molar-refractivity contribution >= 4 is 5.91 Å². The average molecular weight is 268 g/mol. The van der Waals surface area contributed by atoms with Crippen LogP contribution in [0, 0.1) is 19.8 Å². The molecule has 3 atom stereocenters. The fourth-order valence-electron chi connectivity index (χ4n) is 2.33. The number of aliphatic hydroxyl groups excluding tert-OH is 1. The van der Waals surface area contributed by atoms with Crippen LogP contribution in [0.15, 0.2) is 4.52 Å². The third-order valence-corrected chi connectivity index (χ3v) is 3.28. The molecule has 1 amide bonds. The Hall–Kier alpha value is -1.36. The molecular weight excluding hydrogens is 244 g/mol. The minimum atomic E-state index is -0.341. The van der Waals surface area contributed by atoms with E-state index in [1.54, 1.807) is 6.92 Å². The highest BCUT2D eigenvalue weighted by Crippen LogP contribution is 2.23. The summed E-state index contributed by atoms with van der Waals surface area (Å²) in [5.74, 6) is 0.634. The second kappa shape index (κ2) is 6.70. The summed E-state index contributed by atoms with van der Waals surface area (Å²) in [4.78, 5) is 12.1. The van der Waals surface area contributed by atoms with Gasteiger partial charge in [0.1, 0.15) is 5.76 Å². The summed E-state index contributed by atoms with van der Waals surface area (Å²) in [6.07, 6.45) is 0.340. The Bertz CT molecular complexity index is 407. The van der Waals surface area contributed by atoms with Crippen molar-refractivity contribution in [2.45, 2.75) is 53.1 Å². The van der Waals surface area contributed by atoms with Gasteiger partial charge in [0.25, 0.3) is 0 Å². The lowest BCUT2D eigenvalue weighted by atomic mass is 9.98. The molecule has 1 aromatic heterocycles. The number of aromatic nitrogens is 1. The number of hydrogen-bond donors (Lipinski definition) is 2. The largest absolute Gasteiger partial charge is 0.393 e. The van der Waals surface area contributed by atoms with Gasteiger partial charge in [-0.3, -0.25) is 4.79 Å². The van der Waals surface area contributed by atoms with Gasteiger partial charge in [0.2, 0.25) is 5.91 Å². The van der Waals surface area contributed by atoms with Crippen LogP contribution in [0.3, 0.4) is 0 Å². The van der Waals surface area contributed by atoms with Crippen LogP contribution < -0.4 is 5.32 Å². The molecule has 0 saturated carbocycles. The molecule has 108 valence electrons. The first-order valence-electron chi connectivity index (χ1n) is 6.71. The molecule has 0 spiro atoms. The average Bonchev–Trinajstić information content (AvgIpc) is 2.64. The fraction of sp³-hybridized carbons (Fsp3) is 0.714. The first kappa shape index (κ1) is 15.7. The highest BCUT2D eigenvalue weighted by atomic mass is 16.5. The summed E-state index contributed by atoms with van der Waals surface area (Å²) in [5.41, 5.74) is 1.62. The van der Waals surface area contributed by atoms with Crippen LogP contribution in [0.2, 0.25) is 0 Å². The van der Waals surface area contributed by atoms with Gasteiger partial charge in [-0.25, -0.2) is 0 Å². The van der Waals surface area contributed by atoms with Gasteiger partial charge in [-0.2, -0.15) is 0 Å². The predicted octanol–water partition coefficient (Wildman–Crippen LogP) is 1.92. The van der Waals surface area contributed by atoms with E-state index in [0.29, 0.717) is 18.7 Å². The molecule has 0 aromatic carbocycles. The Labute approximate surface area is 114 Å². The lowest BCUT2D eigenvalue weighted by Gasteiger charge is -2.16. The Morgan fingerprint density at radius 1 is 1.37 bits per heavy atom. The van der Waals surface area contributed by atoms with Gasteiger partial charge in [-0.05, 0) is 40.0 Å². The van der Waals surface area contributed by atoms with Crippen molar-refractivity contribution < 1.29 is 14.4 Å². The highest BCUT2D eigenvalue weighted by Gasteiger charge is 2.23. The number of nitrogens with one attached hydrogen (secondary N) is 1. The fourth-order valence-corrected chi connectivity index (χ4v) is 2.33. The number of carbonyl (C=O) groups is 1. The van der Waals surface area contributed by atoms with Crippen molar-refractivity contribution in [1.29, 1.82) is 0 Å². The third-order valence-electron chi connectivity index (χ3n) is 3.28. The second-order valence-electron chi connectivity index (χ2n) is 5.39. The summed E-state index contributed by atoms with van der Waals surface area (Å²) >= 11 is 0. The van der Waals surface area contributed by atoms with Gasteiger partial charge in [0.05, 0.1) is 17.7 Å². The molecule has 2 N–H and O–H groups in total. The molecule has 5 nitrogen and oxygen atoms in total. The third kappa shape index (κ3) is 4.35. The van der Waals surface area contributed by atoms with Crippen LogP contribution in [-0.2, 0) is 4.79 Å². The van der Waals surface area contributed by atoms with Gasteiger partial charge in [-0.15, -0.1) is 0 Å². The Balaban J connectivity index is 2.54. The monoisotopic (exact) mass is 268 g/mol. The van der Waals surface area contributed by atoms with Crippen LogP contribution in [0.1, 0.15) is 50.1 Å². The molecule has 0 fully saturated rings. The van der Waals surface area contributed by atoms with Crippen molar-refractivity contribution in [3.05, 3.63) is 17.0 Å². The van der Waals surface area contributed by atoms with E-state index >= 15 is 0 Å². The molecule has 5 heteroatoms. The quantitative estimate of drug-likeness (QED) is 0.826. The van der Waals surface area contributed by atoms with Crippen molar-refractivity contribution in [2.75, 3.05) is 6.54 Å². The number of rotatable bonds is 6. The van der Waals surface area contributed by atoms with E-state index in [9.17, 15) is 9.90 Å². The molecular formula is C14H24N2O3. The smallest absolute Gasteiger partial charge is 0.227 e. The van der Waals surface area contributed by atoms with Gasteiger partial charge in [-0.1, -0.05) is 12.1 Å². The van der Waals surface area contributed by atoms with Crippen molar-refractivity contribution in [3.63, 3.8) is 0 Å². The number of nitrogens with zero attached hydrogens (tertiary/aromatic N) is 1. The number of carbonyl (C=O) groups excluding carboxylic acids is 1. The molecule has 1 rings (SSSR count). The normalized spacial score (nSPS) is 15.9. The maximum Gasteiger partial charge on any atom is 0.227 e. The van der Waals surface area contributed by atoms with E-state index in [4.69, 9.17) is 4.52 Å². The van der Waals surface area contributed by atoms with Gasteiger partial charge < -0.3 is 14.9 Å². The maximum absolute atomic E-state index is 12.1. The number of hydrogen-bond acceptors (Lipinski definition) is 4. The Morgan fingerprint density at radius 3 is 2.47 bits per heavy atom. The van der Waals surface area contributed by atoms with Crippen LogP contribution in [0.5, 0.6) is 0 Å². The van der Waals surface area contributed by atoms with Crippen LogP contribution in [0.4, 0.5) is 0 Å². The summed E-state index contributed by atoms with van der Waals surface area (Å²) in [6, 6.07) is 0. The van der Waals surface area contributed by atoms with Crippen LogP contribution in [0.25, 0.3) is 0 Å². The zero-order valence-corrected chi connectivity index (χ0v) is 12.4. The summed E-state index contributed by atoms with van der Waals surface area (Å²) in [5, 5.41) is 16.1. The van der Waals surface area contributed by atoms with E-state index < -0.39 is 0 Å². The molecule has 19 heavy (non-hydrogen) atoms. The molecule has 0 saturated heterocycles. The topological polar surface area (TPSA) is 75.4 Å². The summed E-state index contributed by atoms with van der Waals surface area (Å²) < 4.78 is 5.08. The van der Waals surface area contributed by atoms with Crippen molar-refractivity contribution in [3.8, 4) is 0 Å². The van der Waals surface area contributed by atoms with Crippen molar-refractivity contribution in [2.24, 2.45) is 5.92 Å². The van der Waals surface area contributed by atoms with E-state index in [1.807, 2.05) is 27.7 Å². The van der Waals surface area contributed by atoms with E-state index in [-0.39, 0.29) is 23.8 Å². The lowest BCUT2D eigenvalue weighted by molar-refractivity contribution is -0.122. The van der Waals surface area contributed by atoms with Crippen molar-refractivity contribution in [1.82, 2.24) is 10.5 Å². The predicted molar refractivity (Wildman–Crippen MR) is 72.9 cm³/mol. The number of amides is 1. The van der Waals surface area contributed by atoms with Crippen LogP contribution in [-0.4, -0.2) is 28.8 Å². The minimum Gasteiger partial charge on any atom is -0.393 e. The highest BCUT2D eigenvalue weighted by molar-refractivity contribution is 5.83. The van der Waals surface area contributed by atoms with E-state index in [0.717, 1.165) is 11.3 Å². The maximum atomic E-state index is 12.1. The molecule has 1 heterocycles. The minimum absolute atomic E-state index is 0.0353. The SMILES string of the molecule is Cc1noc(C)c1C(C)C(=O)NCC(C)CC(C)O. The van der Waals surface area contributed by atoms with Gasteiger partial charge in [0.15, 0.2) is 0 Å². The molecule has 0 bridgehead atoms. The van der Waals surface area contributed by atoms with E-state index in [1.165, 1.54) is 0 Å². The molecule has 3 unspecified atom stereocenters. The first-order valence-corrected chi connectivity index (χ1v) is 6.71. The molecule has 1 aromatic rings.